The van der Waals surface area contributed by atoms with Crippen LogP contribution in [0.15, 0.2) is 0 Å². The van der Waals surface area contributed by atoms with Crippen LogP contribution in [0.25, 0.3) is 0 Å². The zero-order valence-corrected chi connectivity index (χ0v) is 7.50. The quantitative estimate of drug-likeness (QED) is 0.570. The third-order valence-electron chi connectivity index (χ3n) is 0.855. The molecule has 0 saturated heterocycles. The molecule has 0 spiro atoms. The van der Waals surface area contributed by atoms with Gasteiger partial charge < -0.3 is 5.32 Å². The van der Waals surface area contributed by atoms with Crippen LogP contribution in [-0.2, 0) is 15.6 Å². The number of hydrogen-bond acceptors (Lipinski definition) is 3. The highest BCUT2D eigenvalue weighted by molar-refractivity contribution is 7.84. The Hall–Kier alpha value is -0.0300. The van der Waals surface area contributed by atoms with Gasteiger partial charge in [-0.25, -0.2) is 0 Å². The lowest BCUT2D eigenvalue weighted by atomic mass is 10.6. The van der Waals surface area contributed by atoms with E-state index in [1.165, 1.54) is 0 Å². The van der Waals surface area contributed by atoms with Crippen molar-refractivity contribution < 1.29 is 9.00 Å². The maximum Gasteiger partial charge on any atom is 0.229 e. The van der Waals surface area contributed by atoms with Gasteiger partial charge in [0.1, 0.15) is 0 Å². The average Bonchev–Trinajstić information content (AvgIpc) is 1.87. The highest BCUT2D eigenvalue weighted by atomic mass is 32.2. The van der Waals surface area contributed by atoms with Gasteiger partial charge in [-0.15, -0.1) is 0 Å². The van der Waals surface area contributed by atoms with Crippen molar-refractivity contribution in [2.75, 3.05) is 24.3 Å². The van der Waals surface area contributed by atoms with Crippen molar-refractivity contribution in [3.63, 3.8) is 0 Å². The molecule has 0 aliphatic heterocycles. The second-order valence-corrected chi connectivity index (χ2v) is 3.66. The Morgan fingerprint density at radius 1 is 1.70 bits per heavy atom. The normalized spacial score (nSPS) is 12.6. The molecule has 60 valence electrons. The molecule has 0 fully saturated rings. The second kappa shape index (κ2) is 5.73. The minimum atomic E-state index is -0.824. The zero-order valence-electron chi connectivity index (χ0n) is 5.79. The molecule has 0 radical (unpaired) electrons. The molecular weight excluding hydrogens is 170 g/mol. The van der Waals surface area contributed by atoms with E-state index >= 15 is 0 Å². The van der Waals surface area contributed by atoms with Crippen LogP contribution in [0.2, 0.25) is 0 Å². The standard InChI is InChI=1S/C5H11NO2S2/c1-10(8)3-2-6-5(7)4-9/h9H,2-4H2,1H3,(H,6,7). The summed E-state index contributed by atoms with van der Waals surface area (Å²) in [5, 5.41) is 2.56. The van der Waals surface area contributed by atoms with Gasteiger partial charge >= 0.3 is 0 Å². The Kier molecular flexibility index (Phi) is 5.71. The SMILES string of the molecule is CS(=O)CCNC(=O)CS. The molecule has 0 aromatic rings. The summed E-state index contributed by atoms with van der Waals surface area (Å²) < 4.78 is 10.5. The van der Waals surface area contributed by atoms with Crippen molar-refractivity contribution in [2.24, 2.45) is 0 Å². The van der Waals surface area contributed by atoms with Crippen molar-refractivity contribution in [3.05, 3.63) is 0 Å². The molecular formula is C5H11NO2S2. The first-order valence-corrected chi connectivity index (χ1v) is 5.20. The van der Waals surface area contributed by atoms with Gasteiger partial charge in [0.05, 0.1) is 5.75 Å². The van der Waals surface area contributed by atoms with E-state index in [0.29, 0.717) is 12.3 Å². The predicted molar refractivity (Wildman–Crippen MR) is 45.8 cm³/mol. The third-order valence-corrected chi connectivity index (χ3v) is 1.92. The number of nitrogens with one attached hydrogen (secondary N) is 1. The summed E-state index contributed by atoms with van der Waals surface area (Å²) in [6.07, 6.45) is 1.60. The Balaban J connectivity index is 3.20. The molecule has 1 atom stereocenters. The van der Waals surface area contributed by atoms with Crippen LogP contribution >= 0.6 is 12.6 Å². The highest BCUT2D eigenvalue weighted by Gasteiger charge is 1.95. The molecule has 3 nitrogen and oxygen atoms in total. The van der Waals surface area contributed by atoms with Gasteiger partial charge in [-0.3, -0.25) is 9.00 Å². The van der Waals surface area contributed by atoms with Gasteiger partial charge in [0, 0.05) is 29.4 Å². The molecule has 1 unspecified atom stereocenters. The topological polar surface area (TPSA) is 46.2 Å². The van der Waals surface area contributed by atoms with Crippen LogP contribution < -0.4 is 5.32 Å². The molecule has 0 rings (SSSR count). The smallest absolute Gasteiger partial charge is 0.229 e. The van der Waals surface area contributed by atoms with E-state index in [1.807, 2.05) is 0 Å². The first-order chi connectivity index (χ1) is 4.66. The summed E-state index contributed by atoms with van der Waals surface area (Å²) in [5.74, 6) is 0.587. The van der Waals surface area contributed by atoms with E-state index in [4.69, 9.17) is 0 Å². The maximum atomic E-state index is 10.5. The van der Waals surface area contributed by atoms with Gasteiger partial charge in [-0.2, -0.15) is 12.6 Å². The van der Waals surface area contributed by atoms with Crippen LogP contribution in [0.4, 0.5) is 0 Å². The van der Waals surface area contributed by atoms with Crippen LogP contribution in [0, 0.1) is 0 Å². The van der Waals surface area contributed by atoms with Gasteiger partial charge in [0.25, 0.3) is 0 Å². The van der Waals surface area contributed by atoms with Crippen molar-refractivity contribution in [1.82, 2.24) is 5.32 Å². The molecule has 1 amide bonds. The number of amides is 1. The maximum absolute atomic E-state index is 10.5. The molecule has 0 aromatic carbocycles. The molecule has 0 heterocycles. The second-order valence-electron chi connectivity index (χ2n) is 1.79. The van der Waals surface area contributed by atoms with Crippen molar-refractivity contribution in [2.45, 2.75) is 0 Å². The van der Waals surface area contributed by atoms with Crippen molar-refractivity contribution in [3.8, 4) is 0 Å². The van der Waals surface area contributed by atoms with Gasteiger partial charge in [0.2, 0.25) is 5.91 Å². The first kappa shape index (κ1) is 9.97. The lowest BCUT2D eigenvalue weighted by molar-refractivity contribution is -0.118. The number of rotatable bonds is 4. The summed E-state index contributed by atoms with van der Waals surface area (Å²) in [7, 11) is -0.824. The molecule has 0 aromatic heterocycles. The highest BCUT2D eigenvalue weighted by Crippen LogP contribution is 1.74. The molecule has 5 heteroatoms. The predicted octanol–water partition coefficient (Wildman–Crippen LogP) is -0.589. The van der Waals surface area contributed by atoms with E-state index < -0.39 is 10.8 Å². The summed E-state index contributed by atoms with van der Waals surface area (Å²) in [4.78, 5) is 10.5. The fourth-order valence-corrected chi connectivity index (χ4v) is 0.891. The van der Waals surface area contributed by atoms with Gasteiger partial charge in [-0.05, 0) is 0 Å². The third kappa shape index (κ3) is 6.10. The van der Waals surface area contributed by atoms with E-state index in [-0.39, 0.29) is 11.7 Å². The lowest BCUT2D eigenvalue weighted by Gasteiger charge is -1.99. The van der Waals surface area contributed by atoms with Gasteiger partial charge in [-0.1, -0.05) is 0 Å². The van der Waals surface area contributed by atoms with E-state index in [1.54, 1.807) is 6.26 Å². The number of carbonyl (C=O) groups is 1. The summed E-state index contributed by atoms with van der Waals surface area (Å²) in [5.41, 5.74) is 0. The van der Waals surface area contributed by atoms with E-state index in [2.05, 4.69) is 17.9 Å². The monoisotopic (exact) mass is 181 g/mol. The van der Waals surface area contributed by atoms with Crippen LogP contribution in [0.1, 0.15) is 0 Å². The van der Waals surface area contributed by atoms with E-state index in [9.17, 15) is 9.00 Å². The molecule has 10 heavy (non-hydrogen) atoms. The number of carbonyl (C=O) groups excluding carboxylic acids is 1. The first-order valence-electron chi connectivity index (χ1n) is 2.84. The largest absolute Gasteiger partial charge is 0.354 e. The number of thiol groups is 1. The molecule has 0 saturated carbocycles. The Labute approximate surface area is 68.4 Å². The van der Waals surface area contributed by atoms with Crippen molar-refractivity contribution in [1.29, 1.82) is 0 Å². The Morgan fingerprint density at radius 2 is 2.30 bits per heavy atom. The summed E-state index contributed by atoms with van der Waals surface area (Å²) in [6.45, 7) is 0.475. The van der Waals surface area contributed by atoms with Crippen molar-refractivity contribution >= 4 is 29.3 Å². The van der Waals surface area contributed by atoms with Crippen LogP contribution in [0.3, 0.4) is 0 Å². The van der Waals surface area contributed by atoms with E-state index in [0.717, 1.165) is 0 Å². The minimum absolute atomic E-state index is 0.117. The molecule has 0 aliphatic carbocycles. The van der Waals surface area contributed by atoms with Crippen LogP contribution in [0.5, 0.6) is 0 Å². The van der Waals surface area contributed by atoms with Crippen LogP contribution in [-0.4, -0.2) is 34.4 Å². The fraction of sp³-hybridized carbons (Fsp3) is 0.800. The Morgan fingerprint density at radius 3 is 2.70 bits per heavy atom. The lowest BCUT2D eigenvalue weighted by Crippen LogP contribution is -2.28. The Bertz CT molecular complexity index is 138. The minimum Gasteiger partial charge on any atom is -0.354 e. The summed E-state index contributed by atoms with van der Waals surface area (Å²) in [6, 6.07) is 0. The molecule has 0 bridgehead atoms. The van der Waals surface area contributed by atoms with Gasteiger partial charge in [0.15, 0.2) is 0 Å². The summed E-state index contributed by atoms with van der Waals surface area (Å²) >= 11 is 3.75. The average molecular weight is 181 g/mol. The fourth-order valence-electron chi connectivity index (χ4n) is 0.390. The molecule has 1 N–H and O–H groups in total. The molecule has 0 aliphatic rings. The number of hydrogen-bond donors (Lipinski definition) is 2. The zero-order chi connectivity index (χ0) is 7.98.